The fourth-order valence-corrected chi connectivity index (χ4v) is 3.49. The molecule has 0 saturated carbocycles. The minimum absolute atomic E-state index is 0.349. The summed E-state index contributed by atoms with van der Waals surface area (Å²) in [5.74, 6) is 2.43. The van der Waals surface area contributed by atoms with Gasteiger partial charge in [0.15, 0.2) is 5.82 Å². The minimum atomic E-state index is 0.349. The van der Waals surface area contributed by atoms with Gasteiger partial charge >= 0.3 is 0 Å². The van der Waals surface area contributed by atoms with Crippen LogP contribution in [0.2, 0.25) is 0 Å². The summed E-state index contributed by atoms with van der Waals surface area (Å²) in [6, 6.07) is 3.88. The molecule has 0 aromatic carbocycles. The maximum atomic E-state index is 8.90. The topological polar surface area (TPSA) is 67.6 Å². The second-order valence-electron chi connectivity index (χ2n) is 4.65. The molecule has 0 aliphatic carbocycles. The molecule has 0 radical (unpaired) electrons. The Kier molecular flexibility index (Phi) is 3.30. The van der Waals surface area contributed by atoms with E-state index in [2.05, 4.69) is 16.2 Å². The molecule has 3 heterocycles. The average molecular weight is 274 g/mol. The Morgan fingerprint density at radius 2 is 2.42 bits per heavy atom. The smallest absolute Gasteiger partial charge is 0.274 e. The van der Waals surface area contributed by atoms with Gasteiger partial charge in [0.05, 0.1) is 10.8 Å². The molecule has 1 aliphatic heterocycles. The molecular weight excluding hydrogens is 260 g/mol. The monoisotopic (exact) mass is 274 g/mol. The van der Waals surface area contributed by atoms with E-state index in [0.717, 1.165) is 23.7 Å². The van der Waals surface area contributed by atoms with Gasteiger partial charge < -0.3 is 9.09 Å². The first-order valence-electron chi connectivity index (χ1n) is 6.30. The van der Waals surface area contributed by atoms with Crippen molar-refractivity contribution in [2.45, 2.75) is 24.5 Å². The zero-order valence-corrected chi connectivity index (χ0v) is 11.5. The summed E-state index contributed by atoms with van der Waals surface area (Å²) in [5.41, 5.74) is 1.39. The van der Waals surface area contributed by atoms with E-state index in [9.17, 15) is 0 Å². The predicted octanol–water partition coefficient (Wildman–Crippen LogP) is 2.90. The average Bonchev–Trinajstić information content (AvgIpc) is 3.06. The molecule has 1 aliphatic rings. The van der Waals surface area contributed by atoms with Gasteiger partial charge in [-0.2, -0.15) is 22.0 Å². The summed E-state index contributed by atoms with van der Waals surface area (Å²) in [6.45, 7) is 0. The highest BCUT2D eigenvalue weighted by Crippen LogP contribution is 2.37. The molecule has 1 atom stereocenters. The third-order valence-corrected chi connectivity index (χ3v) is 4.64. The summed E-state index contributed by atoms with van der Waals surface area (Å²) in [7, 11) is 1.87. The molecular formula is C13H14N4OS. The maximum absolute atomic E-state index is 8.90. The molecule has 2 aromatic rings. The molecule has 1 unspecified atom stereocenters. The summed E-state index contributed by atoms with van der Waals surface area (Å²) in [6.07, 6.45) is 5.37. The highest BCUT2D eigenvalue weighted by molar-refractivity contribution is 7.99. The third-order valence-electron chi connectivity index (χ3n) is 3.26. The highest BCUT2D eigenvalue weighted by atomic mass is 32.2. The van der Waals surface area contributed by atoms with Crippen molar-refractivity contribution in [2.24, 2.45) is 7.05 Å². The van der Waals surface area contributed by atoms with E-state index in [0.29, 0.717) is 16.7 Å². The first-order chi connectivity index (χ1) is 9.28. The Morgan fingerprint density at radius 3 is 3.11 bits per heavy atom. The fraction of sp³-hybridized carbons (Fsp3) is 0.462. The molecule has 3 rings (SSSR count). The first-order valence-corrected chi connectivity index (χ1v) is 7.35. The van der Waals surface area contributed by atoms with Crippen molar-refractivity contribution in [1.82, 2.24) is 14.7 Å². The van der Waals surface area contributed by atoms with Crippen molar-refractivity contribution in [2.75, 3.05) is 5.75 Å². The number of nitriles is 1. The van der Waals surface area contributed by atoms with Crippen LogP contribution >= 0.6 is 11.8 Å². The largest absolute Gasteiger partial charge is 0.345 e. The van der Waals surface area contributed by atoms with Crippen LogP contribution in [0.4, 0.5) is 0 Å². The van der Waals surface area contributed by atoms with E-state index in [-0.39, 0.29) is 0 Å². The quantitative estimate of drug-likeness (QED) is 0.842. The number of thioether (sulfide) groups is 1. The lowest BCUT2D eigenvalue weighted by molar-refractivity contribution is 0.417. The number of hydrogen-bond donors (Lipinski definition) is 0. The van der Waals surface area contributed by atoms with Gasteiger partial charge in [-0.25, -0.2) is 0 Å². The van der Waals surface area contributed by atoms with Gasteiger partial charge in [0.1, 0.15) is 11.8 Å². The Balaban J connectivity index is 1.88. The number of aryl methyl sites for hydroxylation is 1. The van der Waals surface area contributed by atoms with Gasteiger partial charge in [-0.15, -0.1) is 0 Å². The van der Waals surface area contributed by atoms with E-state index >= 15 is 0 Å². The van der Waals surface area contributed by atoms with Gasteiger partial charge in [0.25, 0.3) is 5.89 Å². The lowest BCUT2D eigenvalue weighted by atomic mass is 10.2. The molecule has 0 N–H and O–H groups in total. The van der Waals surface area contributed by atoms with Crippen LogP contribution in [0.3, 0.4) is 0 Å². The molecule has 6 heteroatoms. The Bertz CT molecular complexity index is 619. The second kappa shape index (κ2) is 5.10. The number of nitrogens with zero attached hydrogens (tertiary/aromatic N) is 4. The second-order valence-corrected chi connectivity index (χ2v) is 5.96. The third kappa shape index (κ3) is 2.38. The van der Waals surface area contributed by atoms with Crippen LogP contribution in [0, 0.1) is 11.3 Å². The summed E-state index contributed by atoms with van der Waals surface area (Å²) in [4.78, 5) is 4.48. The maximum Gasteiger partial charge on any atom is 0.274 e. The van der Waals surface area contributed by atoms with Crippen LogP contribution in [0.15, 0.2) is 16.8 Å². The van der Waals surface area contributed by atoms with Gasteiger partial charge in [0.2, 0.25) is 0 Å². The van der Waals surface area contributed by atoms with Crippen LogP contribution in [-0.2, 0) is 7.05 Å². The molecule has 19 heavy (non-hydrogen) atoms. The molecule has 1 saturated heterocycles. The van der Waals surface area contributed by atoms with Crippen LogP contribution in [0.5, 0.6) is 0 Å². The SMILES string of the molecule is Cn1cc(C#N)cc1-c1nc(C2CCCCS2)no1. The summed E-state index contributed by atoms with van der Waals surface area (Å²) in [5, 5.41) is 13.3. The number of aromatic nitrogens is 3. The van der Waals surface area contributed by atoms with E-state index in [1.54, 1.807) is 12.3 Å². The normalized spacial score (nSPS) is 19.3. The van der Waals surface area contributed by atoms with Gasteiger partial charge in [0, 0.05) is 13.2 Å². The lowest BCUT2D eigenvalue weighted by Crippen LogP contribution is -2.03. The molecule has 2 aromatic heterocycles. The number of rotatable bonds is 2. The van der Waals surface area contributed by atoms with E-state index in [1.807, 2.05) is 23.4 Å². The standard InChI is InChI=1S/C13H14N4OS/c1-17-8-9(7-14)6-10(17)13-15-12(16-18-13)11-4-2-3-5-19-11/h6,8,11H,2-5H2,1H3. The molecule has 0 spiro atoms. The van der Waals surface area contributed by atoms with Gasteiger partial charge in [-0.1, -0.05) is 11.6 Å². The van der Waals surface area contributed by atoms with Gasteiger partial charge in [-0.3, -0.25) is 0 Å². The summed E-state index contributed by atoms with van der Waals surface area (Å²) >= 11 is 1.89. The molecule has 0 bridgehead atoms. The van der Waals surface area contributed by atoms with Crippen molar-refractivity contribution >= 4 is 11.8 Å². The molecule has 5 nitrogen and oxygen atoms in total. The highest BCUT2D eigenvalue weighted by Gasteiger charge is 2.22. The zero-order chi connectivity index (χ0) is 13.2. The minimum Gasteiger partial charge on any atom is -0.345 e. The summed E-state index contributed by atoms with van der Waals surface area (Å²) < 4.78 is 7.18. The molecule has 98 valence electrons. The van der Waals surface area contributed by atoms with Crippen LogP contribution in [-0.4, -0.2) is 20.5 Å². The van der Waals surface area contributed by atoms with Crippen molar-refractivity contribution in [3.63, 3.8) is 0 Å². The van der Waals surface area contributed by atoms with E-state index < -0.39 is 0 Å². The van der Waals surface area contributed by atoms with Crippen molar-refractivity contribution < 1.29 is 4.52 Å². The zero-order valence-electron chi connectivity index (χ0n) is 10.7. The van der Waals surface area contributed by atoms with Crippen LogP contribution < -0.4 is 0 Å². The fourth-order valence-electron chi connectivity index (χ4n) is 2.25. The van der Waals surface area contributed by atoms with Crippen molar-refractivity contribution in [3.8, 4) is 17.7 Å². The van der Waals surface area contributed by atoms with Crippen LogP contribution in [0.25, 0.3) is 11.6 Å². The van der Waals surface area contributed by atoms with E-state index in [1.165, 1.54) is 12.8 Å². The Morgan fingerprint density at radius 1 is 1.53 bits per heavy atom. The van der Waals surface area contributed by atoms with Crippen molar-refractivity contribution in [3.05, 3.63) is 23.7 Å². The van der Waals surface area contributed by atoms with E-state index in [4.69, 9.17) is 9.78 Å². The Hall–Kier alpha value is -1.74. The molecule has 0 amide bonds. The number of hydrogen-bond acceptors (Lipinski definition) is 5. The molecule has 1 fully saturated rings. The van der Waals surface area contributed by atoms with Gasteiger partial charge in [-0.05, 0) is 24.7 Å². The van der Waals surface area contributed by atoms with Crippen molar-refractivity contribution in [1.29, 1.82) is 5.26 Å². The Labute approximate surface area is 115 Å². The predicted molar refractivity (Wildman–Crippen MR) is 72.5 cm³/mol. The first kappa shape index (κ1) is 12.3. The van der Waals surface area contributed by atoms with Crippen LogP contribution in [0.1, 0.15) is 35.9 Å². The lowest BCUT2D eigenvalue weighted by Gasteiger charge is -2.17.